The quantitative estimate of drug-likeness (QED) is 0.776. The number of ether oxygens (including phenoxy) is 2. The number of carbonyl (C=O) groups excluding carboxylic acids is 1. The number of rotatable bonds is 7. The van der Waals surface area contributed by atoms with Crippen molar-refractivity contribution in [1.29, 1.82) is 0 Å². The molecule has 0 aliphatic heterocycles. The first-order valence-electron chi connectivity index (χ1n) is 9.40. The molecule has 0 unspecified atom stereocenters. The third-order valence-corrected chi connectivity index (χ3v) is 5.45. The molecule has 0 spiro atoms. The summed E-state index contributed by atoms with van der Waals surface area (Å²) in [5, 5.41) is 12.2. The third kappa shape index (κ3) is 4.29. The third-order valence-electron chi connectivity index (χ3n) is 5.45. The summed E-state index contributed by atoms with van der Waals surface area (Å²) in [4.78, 5) is 24.0. The summed E-state index contributed by atoms with van der Waals surface area (Å²) in [7, 11) is 1.58. The molecule has 2 saturated carbocycles. The molecular formula is C20H27NO5. The second-order valence-electron chi connectivity index (χ2n) is 7.40. The normalized spacial score (nSPS) is 19.3. The van der Waals surface area contributed by atoms with Crippen LogP contribution in [0.4, 0.5) is 0 Å². The van der Waals surface area contributed by atoms with Crippen molar-refractivity contribution in [3.8, 4) is 11.5 Å². The largest absolute Gasteiger partial charge is 0.493 e. The van der Waals surface area contributed by atoms with Gasteiger partial charge in [-0.25, -0.2) is 0 Å². The van der Waals surface area contributed by atoms with Gasteiger partial charge in [0.2, 0.25) is 0 Å². The van der Waals surface area contributed by atoms with Gasteiger partial charge in [-0.05, 0) is 56.7 Å². The Morgan fingerprint density at radius 1 is 1.15 bits per heavy atom. The molecule has 142 valence electrons. The molecule has 0 atom stereocenters. The highest BCUT2D eigenvalue weighted by Crippen LogP contribution is 2.35. The monoisotopic (exact) mass is 361 g/mol. The summed E-state index contributed by atoms with van der Waals surface area (Å²) >= 11 is 0. The van der Waals surface area contributed by atoms with Crippen molar-refractivity contribution in [1.82, 2.24) is 5.32 Å². The van der Waals surface area contributed by atoms with Crippen molar-refractivity contribution in [2.24, 2.45) is 0 Å². The van der Waals surface area contributed by atoms with Crippen molar-refractivity contribution in [3.05, 3.63) is 23.8 Å². The predicted molar refractivity (Wildman–Crippen MR) is 96.8 cm³/mol. The molecule has 0 heterocycles. The number of amides is 1. The van der Waals surface area contributed by atoms with Crippen LogP contribution in [0.15, 0.2) is 18.2 Å². The highest BCUT2D eigenvalue weighted by molar-refractivity contribution is 5.95. The van der Waals surface area contributed by atoms with Crippen LogP contribution < -0.4 is 14.8 Å². The standard InChI is InChI=1S/C20H27NO5/c1-25-16-9-8-14(12-17(16)26-15-6-2-3-7-15)19(24)21-20(13-18(22)23)10-4-5-11-20/h8-9,12,15H,2-7,10-11,13H2,1H3,(H,21,24)(H,22,23). The van der Waals surface area contributed by atoms with Crippen molar-refractivity contribution >= 4 is 11.9 Å². The lowest BCUT2D eigenvalue weighted by Crippen LogP contribution is -2.47. The van der Waals surface area contributed by atoms with Gasteiger partial charge in [-0.15, -0.1) is 0 Å². The average Bonchev–Trinajstić information content (AvgIpc) is 3.26. The summed E-state index contributed by atoms with van der Waals surface area (Å²) < 4.78 is 11.4. The molecular weight excluding hydrogens is 334 g/mol. The lowest BCUT2D eigenvalue weighted by Gasteiger charge is -2.29. The fourth-order valence-corrected chi connectivity index (χ4v) is 4.10. The molecule has 1 amide bonds. The van der Waals surface area contributed by atoms with E-state index in [4.69, 9.17) is 9.47 Å². The van der Waals surface area contributed by atoms with E-state index in [0.717, 1.165) is 38.5 Å². The molecule has 0 aromatic heterocycles. The Bertz CT molecular complexity index is 660. The maximum Gasteiger partial charge on any atom is 0.305 e. The van der Waals surface area contributed by atoms with Crippen molar-refractivity contribution in [3.63, 3.8) is 0 Å². The van der Waals surface area contributed by atoms with Crippen molar-refractivity contribution in [2.75, 3.05) is 7.11 Å². The fraction of sp³-hybridized carbons (Fsp3) is 0.600. The maximum atomic E-state index is 12.8. The van der Waals surface area contributed by atoms with Gasteiger partial charge in [0.05, 0.1) is 25.2 Å². The number of carboxylic acids is 1. The van der Waals surface area contributed by atoms with Crippen molar-refractivity contribution < 1.29 is 24.2 Å². The van der Waals surface area contributed by atoms with Crippen LogP contribution >= 0.6 is 0 Å². The zero-order valence-corrected chi connectivity index (χ0v) is 15.3. The van der Waals surface area contributed by atoms with Gasteiger partial charge in [-0.1, -0.05) is 12.8 Å². The van der Waals surface area contributed by atoms with Gasteiger partial charge in [0, 0.05) is 5.56 Å². The molecule has 6 heteroatoms. The fourth-order valence-electron chi connectivity index (χ4n) is 4.10. The van der Waals surface area contributed by atoms with E-state index < -0.39 is 11.5 Å². The zero-order chi connectivity index (χ0) is 18.6. The minimum Gasteiger partial charge on any atom is -0.493 e. The molecule has 0 saturated heterocycles. The van der Waals surface area contributed by atoms with Crippen LogP contribution in [-0.2, 0) is 4.79 Å². The molecule has 1 aromatic rings. The molecule has 2 aliphatic carbocycles. The average molecular weight is 361 g/mol. The molecule has 2 aliphatic rings. The Hall–Kier alpha value is -2.24. The van der Waals surface area contributed by atoms with Crippen LogP contribution in [0.3, 0.4) is 0 Å². The molecule has 2 fully saturated rings. The van der Waals surface area contributed by atoms with Crippen LogP contribution in [0.5, 0.6) is 11.5 Å². The topological polar surface area (TPSA) is 84.9 Å². The Balaban J connectivity index is 1.76. The van der Waals surface area contributed by atoms with Crippen LogP contribution in [0.1, 0.15) is 68.1 Å². The van der Waals surface area contributed by atoms with Gasteiger partial charge >= 0.3 is 5.97 Å². The van der Waals surface area contributed by atoms with Crippen LogP contribution in [0.2, 0.25) is 0 Å². The van der Waals surface area contributed by atoms with Gasteiger partial charge in [0.1, 0.15) is 0 Å². The Labute approximate surface area is 153 Å². The summed E-state index contributed by atoms with van der Waals surface area (Å²) in [6, 6.07) is 5.13. The van der Waals surface area contributed by atoms with E-state index in [-0.39, 0.29) is 18.4 Å². The van der Waals surface area contributed by atoms with Gasteiger partial charge in [-0.3, -0.25) is 9.59 Å². The molecule has 26 heavy (non-hydrogen) atoms. The number of carboxylic acid groups (broad SMARTS) is 1. The Morgan fingerprint density at radius 3 is 2.46 bits per heavy atom. The van der Waals surface area contributed by atoms with E-state index in [0.29, 0.717) is 29.9 Å². The van der Waals surface area contributed by atoms with Crippen LogP contribution in [-0.4, -0.2) is 35.7 Å². The first-order chi connectivity index (χ1) is 12.5. The van der Waals surface area contributed by atoms with Crippen molar-refractivity contribution in [2.45, 2.75) is 69.4 Å². The molecule has 2 N–H and O–H groups in total. The minimum absolute atomic E-state index is 0.0413. The second kappa shape index (κ2) is 7.98. The van der Waals surface area contributed by atoms with Crippen LogP contribution in [0.25, 0.3) is 0 Å². The number of carbonyl (C=O) groups is 2. The second-order valence-corrected chi connectivity index (χ2v) is 7.40. The van der Waals surface area contributed by atoms with E-state index in [1.807, 2.05) is 0 Å². The van der Waals surface area contributed by atoms with E-state index in [2.05, 4.69) is 5.32 Å². The summed E-state index contributed by atoms with van der Waals surface area (Å²) in [5.74, 6) is 0.0413. The van der Waals surface area contributed by atoms with Gasteiger partial charge in [0.25, 0.3) is 5.91 Å². The van der Waals surface area contributed by atoms with E-state index in [9.17, 15) is 14.7 Å². The number of hydrogen-bond acceptors (Lipinski definition) is 4. The Kier molecular flexibility index (Phi) is 5.69. The highest BCUT2D eigenvalue weighted by atomic mass is 16.5. The number of aliphatic carboxylic acids is 1. The summed E-state index contributed by atoms with van der Waals surface area (Å²) in [6.07, 6.45) is 7.74. The van der Waals surface area contributed by atoms with Gasteiger partial charge in [0.15, 0.2) is 11.5 Å². The van der Waals surface area contributed by atoms with E-state index >= 15 is 0 Å². The zero-order valence-electron chi connectivity index (χ0n) is 15.3. The van der Waals surface area contributed by atoms with Crippen LogP contribution in [0, 0.1) is 0 Å². The highest BCUT2D eigenvalue weighted by Gasteiger charge is 2.37. The molecule has 0 bridgehead atoms. The number of hydrogen-bond donors (Lipinski definition) is 2. The SMILES string of the molecule is COc1ccc(C(=O)NC2(CC(=O)O)CCCC2)cc1OC1CCCC1. The van der Waals surface area contributed by atoms with E-state index in [1.165, 1.54) is 0 Å². The summed E-state index contributed by atoms with van der Waals surface area (Å²) in [5.41, 5.74) is -0.176. The number of methoxy groups -OCH3 is 1. The Morgan fingerprint density at radius 2 is 1.85 bits per heavy atom. The lowest BCUT2D eigenvalue weighted by molar-refractivity contribution is -0.138. The van der Waals surface area contributed by atoms with Gasteiger partial charge < -0.3 is 19.9 Å². The first-order valence-corrected chi connectivity index (χ1v) is 9.40. The maximum absolute atomic E-state index is 12.8. The van der Waals surface area contributed by atoms with Gasteiger partial charge in [-0.2, -0.15) is 0 Å². The summed E-state index contributed by atoms with van der Waals surface area (Å²) in [6.45, 7) is 0. The predicted octanol–water partition coefficient (Wildman–Crippen LogP) is 3.53. The first kappa shape index (κ1) is 18.5. The molecule has 0 radical (unpaired) electrons. The molecule has 3 rings (SSSR count). The number of benzene rings is 1. The van der Waals surface area contributed by atoms with E-state index in [1.54, 1.807) is 25.3 Å². The minimum atomic E-state index is -0.882. The molecule has 6 nitrogen and oxygen atoms in total. The smallest absolute Gasteiger partial charge is 0.305 e. The molecule has 1 aromatic carbocycles. The lowest BCUT2D eigenvalue weighted by atomic mass is 9.92. The number of nitrogens with one attached hydrogen (secondary N) is 1.